The van der Waals surface area contributed by atoms with Crippen LogP contribution in [-0.4, -0.2) is 55.1 Å². The molecule has 0 spiro atoms. The maximum absolute atomic E-state index is 3.48. The Morgan fingerprint density at radius 3 is 3.05 bits per heavy atom. The van der Waals surface area contributed by atoms with E-state index in [2.05, 4.69) is 31.9 Å². The highest BCUT2D eigenvalue weighted by molar-refractivity contribution is 7.07. The van der Waals surface area contributed by atoms with Crippen molar-refractivity contribution >= 4 is 11.3 Å². The first-order chi connectivity index (χ1) is 9.42. The van der Waals surface area contributed by atoms with Gasteiger partial charge in [0.2, 0.25) is 0 Å². The lowest BCUT2D eigenvalue weighted by Crippen LogP contribution is -2.37. The molecule has 0 aromatic carbocycles. The molecule has 1 saturated carbocycles. The van der Waals surface area contributed by atoms with Crippen molar-refractivity contribution in [3.63, 3.8) is 0 Å². The molecule has 0 bridgehead atoms. The van der Waals surface area contributed by atoms with Crippen LogP contribution in [0.4, 0.5) is 0 Å². The van der Waals surface area contributed by atoms with Crippen molar-refractivity contribution in [3.05, 3.63) is 22.4 Å². The average Bonchev–Trinajstić information content (AvgIpc) is 3.19. The van der Waals surface area contributed by atoms with Crippen LogP contribution in [0.5, 0.6) is 0 Å². The molecule has 19 heavy (non-hydrogen) atoms. The summed E-state index contributed by atoms with van der Waals surface area (Å²) in [6, 6.07) is 3.14. The van der Waals surface area contributed by atoms with Crippen molar-refractivity contribution in [3.8, 4) is 0 Å². The van der Waals surface area contributed by atoms with E-state index in [-0.39, 0.29) is 0 Å². The second kappa shape index (κ2) is 6.84. The van der Waals surface area contributed by atoms with E-state index in [1.54, 1.807) is 0 Å². The van der Waals surface area contributed by atoms with Gasteiger partial charge in [0.15, 0.2) is 0 Å². The zero-order valence-electron chi connectivity index (χ0n) is 11.7. The number of nitrogens with zero attached hydrogens (tertiary/aromatic N) is 2. The Kier molecular flexibility index (Phi) is 4.88. The molecule has 0 atom stereocenters. The predicted octanol–water partition coefficient (Wildman–Crippen LogP) is 2.01. The van der Waals surface area contributed by atoms with E-state index in [0.717, 1.165) is 19.1 Å². The van der Waals surface area contributed by atoms with E-state index in [1.165, 1.54) is 57.5 Å². The van der Waals surface area contributed by atoms with Crippen molar-refractivity contribution in [2.24, 2.45) is 0 Å². The molecule has 3 rings (SSSR count). The molecule has 0 amide bonds. The standard InChI is InChI=1S/C15H25N3S/c1-5-16-6-8-17(7-1)9-10-18(15-2-3-15)12-14-4-11-19-13-14/h4,11,13,15-16H,1-3,5-10,12H2. The van der Waals surface area contributed by atoms with Crippen LogP contribution in [0.25, 0.3) is 0 Å². The van der Waals surface area contributed by atoms with E-state index in [1.807, 2.05) is 11.3 Å². The Bertz CT molecular complexity index is 353. The maximum atomic E-state index is 3.48. The van der Waals surface area contributed by atoms with Crippen LogP contribution in [0.3, 0.4) is 0 Å². The lowest BCUT2D eigenvalue weighted by molar-refractivity contribution is 0.198. The maximum Gasteiger partial charge on any atom is 0.0245 e. The van der Waals surface area contributed by atoms with Gasteiger partial charge >= 0.3 is 0 Å². The number of thiophene rings is 1. The third-order valence-corrected chi connectivity index (χ3v) is 4.90. The van der Waals surface area contributed by atoms with Crippen LogP contribution in [0.1, 0.15) is 24.8 Å². The summed E-state index contributed by atoms with van der Waals surface area (Å²) in [7, 11) is 0. The Labute approximate surface area is 120 Å². The summed E-state index contributed by atoms with van der Waals surface area (Å²) in [6.07, 6.45) is 4.12. The van der Waals surface area contributed by atoms with Gasteiger partial charge in [0.25, 0.3) is 0 Å². The fourth-order valence-corrected chi connectivity index (χ4v) is 3.50. The highest BCUT2D eigenvalue weighted by atomic mass is 32.1. The molecule has 0 unspecified atom stereocenters. The second-order valence-electron chi connectivity index (χ2n) is 5.78. The SMILES string of the molecule is c1cc(CN(CCN2CCCNCC2)C2CC2)cs1. The Morgan fingerprint density at radius 2 is 2.26 bits per heavy atom. The zero-order valence-corrected chi connectivity index (χ0v) is 12.5. The predicted molar refractivity (Wildman–Crippen MR) is 81.7 cm³/mol. The van der Waals surface area contributed by atoms with Gasteiger partial charge in [-0.2, -0.15) is 11.3 Å². The van der Waals surface area contributed by atoms with E-state index < -0.39 is 0 Å². The van der Waals surface area contributed by atoms with Gasteiger partial charge in [0, 0.05) is 38.8 Å². The number of hydrogen-bond acceptors (Lipinski definition) is 4. The molecule has 106 valence electrons. The lowest BCUT2D eigenvalue weighted by Gasteiger charge is -2.26. The number of nitrogens with one attached hydrogen (secondary N) is 1. The van der Waals surface area contributed by atoms with Crippen molar-refractivity contribution in [2.75, 3.05) is 39.3 Å². The molecule has 1 aromatic heterocycles. The quantitative estimate of drug-likeness (QED) is 0.859. The smallest absolute Gasteiger partial charge is 0.0245 e. The van der Waals surface area contributed by atoms with Crippen LogP contribution in [-0.2, 0) is 6.54 Å². The molecule has 2 heterocycles. The summed E-state index contributed by atoms with van der Waals surface area (Å²) in [5.41, 5.74) is 1.49. The van der Waals surface area contributed by atoms with Crippen LogP contribution >= 0.6 is 11.3 Å². The van der Waals surface area contributed by atoms with E-state index in [9.17, 15) is 0 Å². The average molecular weight is 279 g/mol. The molecule has 1 aliphatic heterocycles. The molecule has 1 aromatic rings. The van der Waals surface area contributed by atoms with Crippen LogP contribution < -0.4 is 5.32 Å². The first-order valence-electron chi connectivity index (χ1n) is 7.60. The fourth-order valence-electron chi connectivity index (χ4n) is 2.84. The van der Waals surface area contributed by atoms with Crippen molar-refractivity contribution < 1.29 is 0 Å². The first kappa shape index (κ1) is 13.6. The highest BCUT2D eigenvalue weighted by Crippen LogP contribution is 2.28. The Balaban J connectivity index is 1.47. The van der Waals surface area contributed by atoms with Gasteiger partial charge in [-0.15, -0.1) is 0 Å². The monoisotopic (exact) mass is 279 g/mol. The Hall–Kier alpha value is -0.420. The van der Waals surface area contributed by atoms with Crippen LogP contribution in [0, 0.1) is 0 Å². The zero-order chi connectivity index (χ0) is 12.9. The topological polar surface area (TPSA) is 18.5 Å². The summed E-state index contributed by atoms with van der Waals surface area (Å²) >= 11 is 1.82. The minimum absolute atomic E-state index is 0.866. The molecular formula is C15H25N3S. The van der Waals surface area contributed by atoms with E-state index >= 15 is 0 Å². The first-order valence-corrected chi connectivity index (χ1v) is 8.54. The van der Waals surface area contributed by atoms with E-state index in [0.29, 0.717) is 0 Å². The van der Waals surface area contributed by atoms with Gasteiger partial charge in [-0.05, 0) is 54.7 Å². The molecule has 2 fully saturated rings. The van der Waals surface area contributed by atoms with E-state index in [4.69, 9.17) is 0 Å². The number of rotatable bonds is 6. The molecule has 4 heteroatoms. The lowest BCUT2D eigenvalue weighted by atomic mass is 10.3. The highest BCUT2D eigenvalue weighted by Gasteiger charge is 2.29. The summed E-state index contributed by atoms with van der Waals surface area (Å²) < 4.78 is 0. The normalized spacial score (nSPS) is 21.7. The molecule has 3 nitrogen and oxygen atoms in total. The molecule has 1 saturated heterocycles. The molecule has 2 aliphatic rings. The molecule has 0 radical (unpaired) electrons. The minimum Gasteiger partial charge on any atom is -0.315 e. The van der Waals surface area contributed by atoms with Crippen LogP contribution in [0.15, 0.2) is 16.8 Å². The summed E-state index contributed by atoms with van der Waals surface area (Å²) in [5, 5.41) is 7.97. The summed E-state index contributed by atoms with van der Waals surface area (Å²) in [6.45, 7) is 8.47. The largest absolute Gasteiger partial charge is 0.315 e. The van der Waals surface area contributed by atoms with Crippen molar-refractivity contribution in [2.45, 2.75) is 31.8 Å². The minimum atomic E-state index is 0.866. The number of hydrogen-bond donors (Lipinski definition) is 1. The van der Waals surface area contributed by atoms with Crippen molar-refractivity contribution in [1.82, 2.24) is 15.1 Å². The van der Waals surface area contributed by atoms with Gasteiger partial charge in [0.05, 0.1) is 0 Å². The molecule has 1 N–H and O–H groups in total. The van der Waals surface area contributed by atoms with Gasteiger partial charge in [-0.3, -0.25) is 4.90 Å². The van der Waals surface area contributed by atoms with Gasteiger partial charge in [0.1, 0.15) is 0 Å². The fraction of sp³-hybridized carbons (Fsp3) is 0.733. The molecule has 1 aliphatic carbocycles. The Morgan fingerprint density at radius 1 is 1.32 bits per heavy atom. The molecular weight excluding hydrogens is 254 g/mol. The van der Waals surface area contributed by atoms with Crippen LogP contribution in [0.2, 0.25) is 0 Å². The summed E-state index contributed by atoms with van der Waals surface area (Å²) in [5.74, 6) is 0. The van der Waals surface area contributed by atoms with Gasteiger partial charge in [-0.1, -0.05) is 0 Å². The third kappa shape index (κ3) is 4.28. The second-order valence-corrected chi connectivity index (χ2v) is 6.56. The van der Waals surface area contributed by atoms with Gasteiger partial charge < -0.3 is 10.2 Å². The van der Waals surface area contributed by atoms with Crippen molar-refractivity contribution in [1.29, 1.82) is 0 Å². The third-order valence-electron chi connectivity index (χ3n) is 4.17. The van der Waals surface area contributed by atoms with Gasteiger partial charge in [-0.25, -0.2) is 0 Å². The summed E-state index contributed by atoms with van der Waals surface area (Å²) in [4.78, 5) is 5.32.